The third kappa shape index (κ3) is 4.30. The minimum Gasteiger partial charge on any atom is -0.400 e. The fourth-order valence-electron chi connectivity index (χ4n) is 4.47. The number of hydrogen-bond acceptors (Lipinski definition) is 2. The van der Waals surface area contributed by atoms with Crippen LogP contribution in [0, 0.1) is 11.8 Å². The van der Waals surface area contributed by atoms with Crippen LogP contribution in [-0.2, 0) is 8.85 Å². The zero-order valence-corrected chi connectivity index (χ0v) is 14.1. The van der Waals surface area contributed by atoms with Crippen LogP contribution < -0.4 is 0 Å². The lowest BCUT2D eigenvalue weighted by molar-refractivity contribution is 0.206. The molecule has 0 radical (unpaired) electrons. The lowest BCUT2D eigenvalue weighted by Gasteiger charge is -2.34. The highest BCUT2D eigenvalue weighted by molar-refractivity contribution is 6.46. The van der Waals surface area contributed by atoms with E-state index >= 15 is 0 Å². The second-order valence-corrected chi connectivity index (χ2v) is 9.09. The smallest absolute Gasteiger partial charge is 0.324 e. The Hall–Kier alpha value is 0.137. The third-order valence-electron chi connectivity index (χ3n) is 5.44. The van der Waals surface area contributed by atoms with Crippen molar-refractivity contribution in [1.82, 2.24) is 0 Å². The number of hydrogen-bond donors (Lipinski definition) is 0. The van der Waals surface area contributed by atoms with Crippen molar-refractivity contribution in [3.05, 3.63) is 0 Å². The molecule has 0 aromatic rings. The molecule has 2 fully saturated rings. The Morgan fingerprint density at radius 3 is 1.84 bits per heavy atom. The molecule has 0 spiro atoms. The summed E-state index contributed by atoms with van der Waals surface area (Å²) in [4.78, 5) is 0. The van der Waals surface area contributed by atoms with Gasteiger partial charge in [-0.25, -0.2) is 0 Å². The second kappa shape index (κ2) is 8.43. The molecule has 0 aliphatic heterocycles. The van der Waals surface area contributed by atoms with Crippen molar-refractivity contribution in [1.29, 1.82) is 0 Å². The molecule has 0 aromatic heterocycles. The summed E-state index contributed by atoms with van der Waals surface area (Å²) < 4.78 is 11.5. The summed E-state index contributed by atoms with van der Waals surface area (Å²) in [5.41, 5.74) is 0.764. The van der Waals surface area contributed by atoms with Gasteiger partial charge >= 0.3 is 9.28 Å². The third-order valence-corrected chi connectivity index (χ3v) is 7.90. The molecule has 0 N–H and O–H groups in total. The lowest BCUT2D eigenvalue weighted by Crippen LogP contribution is -2.34. The van der Waals surface area contributed by atoms with Crippen molar-refractivity contribution in [3.8, 4) is 0 Å². The summed E-state index contributed by atoms with van der Waals surface area (Å²) in [6, 6.07) is 0. The summed E-state index contributed by atoms with van der Waals surface area (Å²) in [7, 11) is 2.29. The predicted molar refractivity (Wildman–Crippen MR) is 82.7 cm³/mol. The van der Waals surface area contributed by atoms with E-state index in [2.05, 4.69) is 0 Å². The Labute approximate surface area is 121 Å². The van der Waals surface area contributed by atoms with Crippen molar-refractivity contribution in [2.75, 3.05) is 14.2 Å². The van der Waals surface area contributed by atoms with Crippen molar-refractivity contribution in [3.63, 3.8) is 0 Å². The van der Waals surface area contributed by atoms with Crippen LogP contribution in [0.25, 0.3) is 0 Å². The van der Waals surface area contributed by atoms with Gasteiger partial charge in [0.2, 0.25) is 0 Å². The van der Waals surface area contributed by atoms with Crippen molar-refractivity contribution >= 4 is 9.28 Å². The Morgan fingerprint density at radius 2 is 1.21 bits per heavy atom. The van der Waals surface area contributed by atoms with E-state index in [0.717, 1.165) is 17.4 Å². The van der Waals surface area contributed by atoms with Crippen LogP contribution in [0.4, 0.5) is 0 Å². The first-order valence-electron chi connectivity index (χ1n) is 8.42. The Bertz CT molecular complexity index is 235. The standard InChI is InChI=1S/C16H32O2Si/c1-17-19(18-2)16-13-9-5-8-12-15(16)14-10-6-3-4-7-11-14/h14-16,19H,3-13H2,1-2H3. The SMILES string of the molecule is CO[SiH](OC)C1CCCCCC1C1CCCCCC1. The highest BCUT2D eigenvalue weighted by Crippen LogP contribution is 2.44. The van der Waals surface area contributed by atoms with Crippen molar-refractivity contribution in [2.45, 2.75) is 76.2 Å². The molecule has 0 saturated heterocycles. The first-order chi connectivity index (χ1) is 9.36. The van der Waals surface area contributed by atoms with Gasteiger partial charge in [-0.3, -0.25) is 0 Å². The van der Waals surface area contributed by atoms with E-state index < -0.39 is 9.28 Å². The molecule has 2 atom stereocenters. The molecule has 0 heterocycles. The van der Waals surface area contributed by atoms with Crippen molar-refractivity contribution < 1.29 is 8.85 Å². The van der Waals surface area contributed by atoms with Gasteiger partial charge in [0.25, 0.3) is 0 Å². The van der Waals surface area contributed by atoms with E-state index in [9.17, 15) is 0 Å². The van der Waals surface area contributed by atoms with Gasteiger partial charge in [-0.2, -0.15) is 0 Å². The zero-order chi connectivity index (χ0) is 13.5. The average Bonchev–Trinajstić information content (AvgIpc) is 2.82. The molecule has 2 aliphatic rings. The topological polar surface area (TPSA) is 18.5 Å². The Morgan fingerprint density at radius 1 is 0.684 bits per heavy atom. The molecule has 19 heavy (non-hydrogen) atoms. The van der Waals surface area contributed by atoms with Crippen LogP contribution in [0.5, 0.6) is 0 Å². The number of rotatable bonds is 4. The predicted octanol–water partition coefficient (Wildman–Crippen LogP) is 4.42. The average molecular weight is 285 g/mol. The minimum absolute atomic E-state index is 0.764. The van der Waals surface area contributed by atoms with Crippen molar-refractivity contribution in [2.24, 2.45) is 11.8 Å². The first-order valence-corrected chi connectivity index (χ1v) is 10.0. The van der Waals surface area contributed by atoms with Gasteiger partial charge in [0.1, 0.15) is 0 Å². The van der Waals surface area contributed by atoms with Gasteiger partial charge < -0.3 is 8.85 Å². The van der Waals surface area contributed by atoms with E-state index in [1.165, 1.54) is 70.6 Å². The summed E-state index contributed by atoms with van der Waals surface area (Å²) in [6.45, 7) is 0. The summed E-state index contributed by atoms with van der Waals surface area (Å²) in [6.07, 6.45) is 15.8. The monoisotopic (exact) mass is 284 g/mol. The second-order valence-electron chi connectivity index (χ2n) is 6.56. The summed E-state index contributed by atoms with van der Waals surface area (Å²) in [5.74, 6) is 1.86. The van der Waals surface area contributed by atoms with Gasteiger partial charge in [0.05, 0.1) is 0 Å². The maximum atomic E-state index is 5.76. The molecular formula is C16H32O2Si. The largest absolute Gasteiger partial charge is 0.400 e. The van der Waals surface area contributed by atoms with Crippen LogP contribution in [0.3, 0.4) is 0 Å². The van der Waals surface area contributed by atoms with E-state index in [1.54, 1.807) is 0 Å². The van der Waals surface area contributed by atoms with E-state index in [1.807, 2.05) is 14.2 Å². The quantitative estimate of drug-likeness (QED) is 0.562. The molecule has 3 heteroatoms. The molecule has 2 saturated carbocycles. The molecule has 2 unspecified atom stereocenters. The maximum absolute atomic E-state index is 5.76. The highest BCUT2D eigenvalue weighted by atomic mass is 28.3. The van der Waals surface area contributed by atoms with Gasteiger partial charge in [0.15, 0.2) is 0 Å². The first kappa shape index (κ1) is 15.5. The van der Waals surface area contributed by atoms with Crippen LogP contribution in [0.2, 0.25) is 5.54 Å². The molecule has 2 aliphatic carbocycles. The van der Waals surface area contributed by atoms with Crippen LogP contribution in [0.15, 0.2) is 0 Å². The van der Waals surface area contributed by atoms with Gasteiger partial charge in [0, 0.05) is 19.8 Å². The Balaban J connectivity index is 2.06. The summed E-state index contributed by atoms with van der Waals surface area (Å²) in [5, 5.41) is 0. The van der Waals surface area contributed by atoms with Crippen LogP contribution in [0.1, 0.15) is 70.6 Å². The molecule has 0 bridgehead atoms. The normalized spacial score (nSPS) is 31.1. The van der Waals surface area contributed by atoms with Crippen LogP contribution in [-0.4, -0.2) is 23.5 Å². The lowest BCUT2D eigenvalue weighted by atomic mass is 9.81. The van der Waals surface area contributed by atoms with Crippen LogP contribution >= 0.6 is 0 Å². The molecule has 2 nitrogen and oxygen atoms in total. The molecule has 0 aromatic carbocycles. The summed E-state index contributed by atoms with van der Waals surface area (Å²) >= 11 is 0. The van der Waals surface area contributed by atoms with Gasteiger partial charge in [-0.05, 0) is 18.3 Å². The minimum atomic E-state index is -1.45. The molecule has 2 rings (SSSR count). The fraction of sp³-hybridized carbons (Fsp3) is 1.00. The fourth-order valence-corrected chi connectivity index (χ4v) is 6.78. The highest BCUT2D eigenvalue weighted by Gasteiger charge is 2.37. The molecular weight excluding hydrogens is 252 g/mol. The maximum Gasteiger partial charge on any atom is 0.324 e. The Kier molecular flexibility index (Phi) is 6.89. The zero-order valence-electron chi connectivity index (χ0n) is 12.9. The van der Waals surface area contributed by atoms with E-state index in [4.69, 9.17) is 8.85 Å². The molecule has 0 amide bonds. The van der Waals surface area contributed by atoms with Gasteiger partial charge in [-0.1, -0.05) is 64.2 Å². The van der Waals surface area contributed by atoms with Gasteiger partial charge in [-0.15, -0.1) is 0 Å². The van der Waals surface area contributed by atoms with E-state index in [-0.39, 0.29) is 0 Å². The van der Waals surface area contributed by atoms with E-state index in [0.29, 0.717) is 0 Å². The molecule has 112 valence electrons.